The highest BCUT2D eigenvalue weighted by molar-refractivity contribution is 5.77. The van der Waals surface area contributed by atoms with Crippen LogP contribution in [0.1, 0.15) is 23.0 Å². The zero-order valence-corrected chi connectivity index (χ0v) is 11.1. The summed E-state index contributed by atoms with van der Waals surface area (Å²) < 4.78 is 0. The Bertz CT molecular complexity index is 767. The summed E-state index contributed by atoms with van der Waals surface area (Å²) in [4.78, 5) is 9.23. The van der Waals surface area contributed by atoms with E-state index in [0.29, 0.717) is 0 Å². The van der Waals surface area contributed by atoms with Crippen LogP contribution >= 0.6 is 0 Å². The van der Waals surface area contributed by atoms with Crippen LogP contribution in [0.3, 0.4) is 0 Å². The summed E-state index contributed by atoms with van der Waals surface area (Å²) in [5.74, 6) is 0.887. The molecule has 4 rings (SSSR count). The zero-order chi connectivity index (χ0) is 13.4. The van der Waals surface area contributed by atoms with Crippen LogP contribution in [0.4, 0.5) is 0 Å². The third-order valence-corrected chi connectivity index (χ3v) is 3.90. The van der Waals surface area contributed by atoms with Crippen LogP contribution in [0.5, 0.6) is 0 Å². The van der Waals surface area contributed by atoms with Crippen LogP contribution in [0.2, 0.25) is 0 Å². The van der Waals surface area contributed by atoms with Gasteiger partial charge in [-0.3, -0.25) is 0 Å². The van der Waals surface area contributed by atoms with E-state index in [0.717, 1.165) is 29.7 Å². The molecule has 3 aromatic rings. The Balaban J connectivity index is 1.70. The van der Waals surface area contributed by atoms with Crippen molar-refractivity contribution in [2.75, 3.05) is 0 Å². The largest absolute Gasteiger partial charge is 0.303 e. The third kappa shape index (κ3) is 1.96. The molecule has 3 nitrogen and oxygen atoms in total. The molecule has 1 atom stereocenters. The van der Waals surface area contributed by atoms with Crippen molar-refractivity contribution >= 4 is 10.9 Å². The summed E-state index contributed by atoms with van der Waals surface area (Å²) in [6.45, 7) is 0.886. The molecule has 0 bridgehead atoms. The van der Waals surface area contributed by atoms with E-state index in [1.165, 1.54) is 11.1 Å². The van der Waals surface area contributed by atoms with Gasteiger partial charge in [-0.25, -0.2) is 9.97 Å². The Morgan fingerprint density at radius 2 is 1.75 bits per heavy atom. The first kappa shape index (κ1) is 11.6. The Hall–Kier alpha value is -2.26. The van der Waals surface area contributed by atoms with Crippen molar-refractivity contribution < 1.29 is 0 Å². The van der Waals surface area contributed by atoms with Crippen LogP contribution in [0.25, 0.3) is 10.9 Å². The van der Waals surface area contributed by atoms with Crippen LogP contribution in [0, 0.1) is 0 Å². The SMILES string of the molecule is c1ccc2c(c1)CNC(c1ncc3ccccc3n1)C2. The van der Waals surface area contributed by atoms with Crippen molar-refractivity contribution in [2.24, 2.45) is 0 Å². The first-order valence-electron chi connectivity index (χ1n) is 6.92. The quantitative estimate of drug-likeness (QED) is 0.731. The van der Waals surface area contributed by atoms with Crippen LogP contribution in [0.15, 0.2) is 54.7 Å². The van der Waals surface area contributed by atoms with Crippen molar-refractivity contribution in [3.8, 4) is 0 Å². The second kappa shape index (κ2) is 4.69. The molecule has 0 amide bonds. The van der Waals surface area contributed by atoms with Gasteiger partial charge in [0, 0.05) is 18.1 Å². The summed E-state index contributed by atoms with van der Waals surface area (Å²) in [7, 11) is 0. The number of nitrogens with zero attached hydrogens (tertiary/aromatic N) is 2. The van der Waals surface area contributed by atoms with E-state index in [4.69, 9.17) is 4.98 Å². The van der Waals surface area contributed by atoms with E-state index in [1.807, 2.05) is 30.5 Å². The fraction of sp³-hybridized carbons (Fsp3) is 0.176. The van der Waals surface area contributed by atoms with Crippen LogP contribution < -0.4 is 5.32 Å². The predicted molar refractivity (Wildman–Crippen MR) is 79.3 cm³/mol. The molecule has 1 aliphatic rings. The lowest BCUT2D eigenvalue weighted by Crippen LogP contribution is -2.29. The van der Waals surface area contributed by atoms with E-state index in [2.05, 4.69) is 34.6 Å². The van der Waals surface area contributed by atoms with Gasteiger partial charge in [0.1, 0.15) is 5.82 Å². The number of fused-ring (bicyclic) bond motifs is 2. The van der Waals surface area contributed by atoms with Gasteiger partial charge in [-0.1, -0.05) is 42.5 Å². The smallest absolute Gasteiger partial charge is 0.146 e. The predicted octanol–water partition coefficient (Wildman–Crippen LogP) is 3.02. The Morgan fingerprint density at radius 3 is 2.70 bits per heavy atom. The molecule has 0 saturated heterocycles. The van der Waals surface area contributed by atoms with Gasteiger partial charge in [-0.05, 0) is 23.6 Å². The normalized spacial score (nSPS) is 17.9. The molecule has 0 fully saturated rings. The van der Waals surface area contributed by atoms with Crippen molar-refractivity contribution in [3.05, 3.63) is 71.7 Å². The molecule has 0 saturated carbocycles. The highest BCUT2D eigenvalue weighted by Crippen LogP contribution is 2.24. The van der Waals surface area contributed by atoms with Crippen molar-refractivity contribution in [3.63, 3.8) is 0 Å². The third-order valence-electron chi connectivity index (χ3n) is 3.90. The first-order chi connectivity index (χ1) is 9.90. The minimum absolute atomic E-state index is 0.203. The topological polar surface area (TPSA) is 37.8 Å². The molecule has 1 aromatic heterocycles. The molecule has 20 heavy (non-hydrogen) atoms. The highest BCUT2D eigenvalue weighted by atomic mass is 15.0. The van der Waals surface area contributed by atoms with Crippen LogP contribution in [-0.2, 0) is 13.0 Å². The number of aromatic nitrogens is 2. The fourth-order valence-corrected chi connectivity index (χ4v) is 2.79. The highest BCUT2D eigenvalue weighted by Gasteiger charge is 2.21. The maximum atomic E-state index is 4.70. The molecule has 1 aliphatic heterocycles. The second-order valence-corrected chi connectivity index (χ2v) is 5.19. The molecule has 0 spiro atoms. The molecule has 0 radical (unpaired) electrons. The summed E-state index contributed by atoms with van der Waals surface area (Å²) in [5, 5.41) is 4.62. The average molecular weight is 261 g/mol. The maximum absolute atomic E-state index is 4.70. The van der Waals surface area contributed by atoms with Gasteiger partial charge in [-0.2, -0.15) is 0 Å². The van der Waals surface area contributed by atoms with Gasteiger partial charge in [0.2, 0.25) is 0 Å². The average Bonchev–Trinajstić information content (AvgIpc) is 2.54. The lowest BCUT2D eigenvalue weighted by molar-refractivity contribution is 0.478. The summed E-state index contributed by atoms with van der Waals surface area (Å²) >= 11 is 0. The first-order valence-corrected chi connectivity index (χ1v) is 6.92. The molecule has 3 heteroatoms. The number of para-hydroxylation sites is 1. The lowest BCUT2D eigenvalue weighted by atomic mass is 9.95. The summed E-state index contributed by atoms with van der Waals surface area (Å²) in [6, 6.07) is 16.9. The van der Waals surface area contributed by atoms with Crippen LogP contribution in [-0.4, -0.2) is 9.97 Å². The summed E-state index contributed by atoms with van der Waals surface area (Å²) in [6.07, 6.45) is 2.87. The second-order valence-electron chi connectivity index (χ2n) is 5.19. The van der Waals surface area contributed by atoms with Gasteiger partial charge in [0.15, 0.2) is 0 Å². The molecule has 1 N–H and O–H groups in total. The Morgan fingerprint density at radius 1 is 0.950 bits per heavy atom. The van der Waals surface area contributed by atoms with Crippen molar-refractivity contribution in [2.45, 2.75) is 19.0 Å². The van der Waals surface area contributed by atoms with E-state index < -0.39 is 0 Å². The zero-order valence-electron chi connectivity index (χ0n) is 11.1. The fourth-order valence-electron chi connectivity index (χ4n) is 2.79. The number of benzene rings is 2. The number of hydrogen-bond acceptors (Lipinski definition) is 3. The molecule has 1 unspecified atom stereocenters. The van der Waals surface area contributed by atoms with Gasteiger partial charge in [-0.15, -0.1) is 0 Å². The standard InChI is InChI=1S/C17H15N3/c1-2-6-13-10-18-16(9-12(13)5-1)17-19-11-14-7-3-4-8-15(14)20-17/h1-8,11,16,18H,9-10H2. The van der Waals surface area contributed by atoms with Crippen molar-refractivity contribution in [1.82, 2.24) is 15.3 Å². The van der Waals surface area contributed by atoms with Gasteiger partial charge < -0.3 is 5.32 Å². The summed E-state index contributed by atoms with van der Waals surface area (Å²) in [5.41, 5.74) is 3.79. The molecular weight excluding hydrogens is 246 g/mol. The van der Waals surface area contributed by atoms with Gasteiger partial charge in [0.05, 0.1) is 11.6 Å². The monoisotopic (exact) mass is 261 g/mol. The molecular formula is C17H15N3. The molecule has 2 heterocycles. The Labute approximate surface area is 117 Å². The minimum Gasteiger partial charge on any atom is -0.303 e. The Kier molecular flexibility index (Phi) is 2.71. The van der Waals surface area contributed by atoms with Gasteiger partial charge >= 0.3 is 0 Å². The van der Waals surface area contributed by atoms with E-state index >= 15 is 0 Å². The lowest BCUT2D eigenvalue weighted by Gasteiger charge is -2.25. The van der Waals surface area contributed by atoms with E-state index in [9.17, 15) is 0 Å². The molecule has 98 valence electrons. The number of hydrogen-bond donors (Lipinski definition) is 1. The molecule has 0 aliphatic carbocycles. The van der Waals surface area contributed by atoms with E-state index in [1.54, 1.807) is 0 Å². The van der Waals surface area contributed by atoms with E-state index in [-0.39, 0.29) is 6.04 Å². The molecule has 2 aromatic carbocycles. The maximum Gasteiger partial charge on any atom is 0.146 e. The van der Waals surface area contributed by atoms with Gasteiger partial charge in [0.25, 0.3) is 0 Å². The minimum atomic E-state index is 0.203. The number of nitrogens with one attached hydrogen (secondary N) is 1. The number of rotatable bonds is 1. The van der Waals surface area contributed by atoms with Crippen molar-refractivity contribution in [1.29, 1.82) is 0 Å².